The molecule has 0 bridgehead atoms. The largest absolute Gasteiger partial charge is 0.471 e. The van der Waals surface area contributed by atoms with Gasteiger partial charge in [0, 0.05) is 67.4 Å². The molecule has 5 heterocycles. The van der Waals surface area contributed by atoms with E-state index in [-0.39, 0.29) is 11.3 Å². The molecular formula is C25H24Cl2N8O2. The number of halogens is 2. The van der Waals surface area contributed by atoms with Gasteiger partial charge in [-0.1, -0.05) is 23.2 Å². The minimum atomic E-state index is -0.875. The average molecular weight is 539 g/mol. The number of nitrogens with two attached hydrogens (primary N) is 1. The van der Waals surface area contributed by atoms with Gasteiger partial charge in [-0.15, -0.1) is 0 Å². The van der Waals surface area contributed by atoms with Crippen molar-refractivity contribution in [2.45, 2.75) is 25.5 Å². The van der Waals surface area contributed by atoms with Crippen molar-refractivity contribution in [2.24, 2.45) is 11.1 Å². The summed E-state index contributed by atoms with van der Waals surface area (Å²) in [6.07, 6.45) is 8.14. The predicted molar refractivity (Wildman–Crippen MR) is 140 cm³/mol. The van der Waals surface area contributed by atoms with Gasteiger partial charge in [0.15, 0.2) is 6.23 Å². The van der Waals surface area contributed by atoms with E-state index in [4.69, 9.17) is 33.7 Å². The van der Waals surface area contributed by atoms with Crippen LogP contribution < -0.4 is 20.7 Å². The van der Waals surface area contributed by atoms with E-state index in [0.29, 0.717) is 39.4 Å². The number of aromatic nitrogens is 5. The zero-order valence-electron chi connectivity index (χ0n) is 19.7. The van der Waals surface area contributed by atoms with E-state index in [0.717, 1.165) is 48.9 Å². The van der Waals surface area contributed by atoms with Crippen molar-refractivity contribution in [3.63, 3.8) is 0 Å². The van der Waals surface area contributed by atoms with Crippen LogP contribution in [0.1, 0.15) is 31.1 Å². The summed E-state index contributed by atoms with van der Waals surface area (Å²) in [6.45, 7) is 2.42. The molecule has 6 rings (SSSR count). The second-order valence-electron chi connectivity index (χ2n) is 9.55. The number of hydrogen-bond acceptors (Lipinski definition) is 8. The fraction of sp³-hybridized carbons (Fsp3) is 0.320. The lowest BCUT2D eigenvalue weighted by Gasteiger charge is -2.38. The van der Waals surface area contributed by atoms with Crippen LogP contribution in [0.3, 0.4) is 0 Å². The number of carbonyl (C=O) groups excluding carboxylic acids is 1. The lowest BCUT2D eigenvalue weighted by atomic mass is 9.78. The van der Waals surface area contributed by atoms with E-state index in [2.05, 4.69) is 35.4 Å². The second-order valence-corrected chi connectivity index (χ2v) is 10.4. The number of ether oxygens (including phenoxy) is 1. The van der Waals surface area contributed by atoms with Crippen LogP contribution in [0.15, 0.2) is 43.0 Å². The molecule has 2 aliphatic heterocycles. The van der Waals surface area contributed by atoms with Crippen molar-refractivity contribution in [1.82, 2.24) is 30.5 Å². The Morgan fingerprint density at radius 2 is 1.81 bits per heavy atom. The Morgan fingerprint density at radius 1 is 1.08 bits per heavy atom. The summed E-state index contributed by atoms with van der Waals surface area (Å²) in [5, 5.41) is 12.0. The number of hydrogen-bond donors (Lipinski definition) is 3. The van der Waals surface area contributed by atoms with Crippen molar-refractivity contribution in [1.29, 1.82) is 0 Å². The average Bonchev–Trinajstić information content (AvgIpc) is 3.47. The van der Waals surface area contributed by atoms with Crippen LogP contribution in [0, 0.1) is 5.41 Å². The maximum Gasteiger partial charge on any atom is 0.225 e. The number of H-pyrrole nitrogens is 1. The Morgan fingerprint density at radius 3 is 2.49 bits per heavy atom. The number of rotatable bonds is 5. The van der Waals surface area contributed by atoms with Crippen LogP contribution in [0.25, 0.3) is 22.2 Å². The molecule has 190 valence electrons. The minimum absolute atomic E-state index is 0.0812. The Labute approximate surface area is 222 Å². The third-order valence-corrected chi connectivity index (χ3v) is 7.79. The molecule has 4 aromatic rings. The summed E-state index contributed by atoms with van der Waals surface area (Å²) in [5.74, 6) is 1.36. The summed E-state index contributed by atoms with van der Waals surface area (Å²) >= 11 is 12.4. The van der Waals surface area contributed by atoms with Gasteiger partial charge in [-0.2, -0.15) is 5.10 Å². The number of benzene rings is 1. The highest BCUT2D eigenvalue weighted by molar-refractivity contribution is 6.35. The first-order chi connectivity index (χ1) is 17.9. The molecule has 10 nitrogen and oxygen atoms in total. The van der Waals surface area contributed by atoms with E-state index in [1.54, 1.807) is 18.5 Å². The number of nitrogens with zero attached hydrogens (tertiary/aromatic N) is 5. The highest BCUT2D eigenvalue weighted by Crippen LogP contribution is 2.38. The topological polar surface area (TPSA) is 135 Å². The summed E-state index contributed by atoms with van der Waals surface area (Å²) in [5.41, 5.74) is 9.10. The molecule has 4 N–H and O–H groups in total. The van der Waals surface area contributed by atoms with Crippen LogP contribution >= 0.6 is 23.2 Å². The smallest absolute Gasteiger partial charge is 0.225 e. The molecule has 3 aromatic heterocycles. The molecule has 2 aliphatic rings. The highest BCUT2D eigenvalue weighted by atomic mass is 35.5. The van der Waals surface area contributed by atoms with Gasteiger partial charge >= 0.3 is 0 Å². The van der Waals surface area contributed by atoms with Crippen LogP contribution in [-0.2, 0) is 4.79 Å². The zero-order valence-corrected chi connectivity index (χ0v) is 21.3. The summed E-state index contributed by atoms with van der Waals surface area (Å²) in [6, 6.07) is 5.51. The number of piperidine rings is 1. The second kappa shape index (κ2) is 9.44. The van der Waals surface area contributed by atoms with E-state index < -0.39 is 6.23 Å². The number of carbonyl (C=O) groups is 1. The molecule has 1 amide bonds. The quantitative estimate of drug-likeness (QED) is 0.326. The monoisotopic (exact) mass is 538 g/mol. The standard InChI is InChI=1S/C25H24Cl2N8O2/c26-17-11-29-12-18(27)21(17)23(28)37-15-1-2-19-16(7-15)22(34-33-19)14-9-30-24(31-10-14)35-5-3-25(4-6-35)8-20(36)32-13-25/h1-2,7,9-12,23H,3-6,8,13,28H2,(H,32,36)(H,33,34)/t23-/m0/s1. The minimum Gasteiger partial charge on any atom is -0.471 e. The van der Waals surface area contributed by atoms with Crippen LogP contribution in [0.2, 0.25) is 10.0 Å². The summed E-state index contributed by atoms with van der Waals surface area (Å²) in [4.78, 5) is 27.0. The number of anilines is 1. The molecule has 0 aliphatic carbocycles. The van der Waals surface area contributed by atoms with Gasteiger partial charge in [-0.3, -0.25) is 20.6 Å². The molecule has 1 aromatic carbocycles. The van der Waals surface area contributed by atoms with E-state index in [1.807, 2.05) is 12.1 Å². The number of pyridine rings is 1. The first kappa shape index (κ1) is 23.9. The third kappa shape index (κ3) is 4.56. The molecule has 2 saturated heterocycles. The molecular weight excluding hydrogens is 515 g/mol. The molecule has 0 unspecified atom stereocenters. The zero-order chi connectivity index (χ0) is 25.6. The van der Waals surface area contributed by atoms with E-state index >= 15 is 0 Å². The lowest BCUT2D eigenvalue weighted by Crippen LogP contribution is -2.41. The van der Waals surface area contributed by atoms with Crippen molar-refractivity contribution < 1.29 is 9.53 Å². The lowest BCUT2D eigenvalue weighted by molar-refractivity contribution is -0.119. The Hall–Kier alpha value is -3.47. The van der Waals surface area contributed by atoms with E-state index in [9.17, 15) is 4.79 Å². The van der Waals surface area contributed by atoms with Crippen molar-refractivity contribution >= 4 is 46.0 Å². The van der Waals surface area contributed by atoms with Gasteiger partial charge in [0.1, 0.15) is 11.4 Å². The Bertz CT molecular complexity index is 1450. The first-order valence-corrected chi connectivity index (χ1v) is 12.7. The molecule has 12 heteroatoms. The van der Waals surface area contributed by atoms with Crippen molar-refractivity contribution in [3.8, 4) is 17.0 Å². The third-order valence-electron chi connectivity index (χ3n) is 7.19. The number of fused-ring (bicyclic) bond motifs is 1. The van der Waals surface area contributed by atoms with Gasteiger partial charge in [-0.05, 0) is 36.5 Å². The molecule has 0 saturated carbocycles. The van der Waals surface area contributed by atoms with Crippen LogP contribution in [0.5, 0.6) is 5.75 Å². The van der Waals surface area contributed by atoms with Gasteiger partial charge < -0.3 is 15.0 Å². The summed E-state index contributed by atoms with van der Waals surface area (Å²) in [7, 11) is 0. The van der Waals surface area contributed by atoms with Crippen LogP contribution in [-0.4, -0.2) is 50.7 Å². The molecule has 1 spiro atoms. The fourth-order valence-electron chi connectivity index (χ4n) is 5.08. The molecule has 2 fully saturated rings. The number of amides is 1. The van der Waals surface area contributed by atoms with Gasteiger partial charge in [0.2, 0.25) is 11.9 Å². The Kier molecular flexibility index (Phi) is 6.10. The van der Waals surface area contributed by atoms with Crippen molar-refractivity contribution in [3.05, 3.63) is 58.6 Å². The first-order valence-electron chi connectivity index (χ1n) is 11.9. The maximum absolute atomic E-state index is 11.7. The van der Waals surface area contributed by atoms with E-state index in [1.165, 1.54) is 12.4 Å². The molecule has 37 heavy (non-hydrogen) atoms. The fourth-order valence-corrected chi connectivity index (χ4v) is 5.66. The SMILES string of the molecule is N[C@@H](Oc1ccc2[nH]nc(-c3cnc(N4CCC5(CC4)CNC(=O)C5)nc3)c2c1)c1c(Cl)cncc1Cl. The molecule has 0 radical (unpaired) electrons. The van der Waals surface area contributed by atoms with Crippen LogP contribution in [0.4, 0.5) is 5.95 Å². The summed E-state index contributed by atoms with van der Waals surface area (Å²) < 4.78 is 5.95. The van der Waals surface area contributed by atoms with Gasteiger partial charge in [0.25, 0.3) is 0 Å². The van der Waals surface area contributed by atoms with Crippen molar-refractivity contribution in [2.75, 3.05) is 24.5 Å². The van der Waals surface area contributed by atoms with Gasteiger partial charge in [-0.25, -0.2) is 9.97 Å². The predicted octanol–water partition coefficient (Wildman–Crippen LogP) is 3.86. The number of nitrogens with one attached hydrogen (secondary N) is 2. The highest BCUT2D eigenvalue weighted by Gasteiger charge is 2.41. The normalized spacial score (nSPS) is 17.8. The number of aromatic amines is 1. The maximum atomic E-state index is 11.7. The Balaban J connectivity index is 1.19. The molecule has 1 atom stereocenters. The van der Waals surface area contributed by atoms with Gasteiger partial charge in [0.05, 0.1) is 15.6 Å².